The summed E-state index contributed by atoms with van der Waals surface area (Å²) in [4.78, 5) is 18.7. The number of carbonyl (C=O) groups is 1. The van der Waals surface area contributed by atoms with E-state index in [-0.39, 0.29) is 11.9 Å². The molecule has 7 heteroatoms. The van der Waals surface area contributed by atoms with Gasteiger partial charge in [0.2, 0.25) is 5.89 Å². The maximum Gasteiger partial charge on any atom is 0.290 e. The van der Waals surface area contributed by atoms with Crippen LogP contribution in [0.3, 0.4) is 0 Å². The molecule has 3 rings (SSSR count). The van der Waals surface area contributed by atoms with Crippen LogP contribution >= 0.6 is 11.3 Å². The molecular formula is C12H14N4O2S. The second-order valence-electron chi connectivity index (χ2n) is 4.53. The molecule has 3 heterocycles. The fourth-order valence-corrected chi connectivity index (χ4v) is 3.10. The van der Waals surface area contributed by atoms with E-state index in [9.17, 15) is 4.79 Å². The van der Waals surface area contributed by atoms with Gasteiger partial charge in [-0.05, 0) is 30.8 Å². The van der Waals surface area contributed by atoms with Crippen molar-refractivity contribution in [3.8, 4) is 0 Å². The van der Waals surface area contributed by atoms with Crippen LogP contribution in [0.4, 0.5) is 0 Å². The van der Waals surface area contributed by atoms with E-state index in [1.165, 1.54) is 4.88 Å². The van der Waals surface area contributed by atoms with Crippen LogP contribution < -0.4 is 5.73 Å². The van der Waals surface area contributed by atoms with Gasteiger partial charge < -0.3 is 10.3 Å². The van der Waals surface area contributed by atoms with Crippen LogP contribution in [0.5, 0.6) is 0 Å². The highest BCUT2D eigenvalue weighted by atomic mass is 32.1. The molecule has 1 aliphatic rings. The van der Waals surface area contributed by atoms with E-state index in [0.717, 1.165) is 25.9 Å². The van der Waals surface area contributed by atoms with Crippen LogP contribution in [0, 0.1) is 0 Å². The first-order valence-electron chi connectivity index (χ1n) is 6.14. The first kappa shape index (κ1) is 12.3. The van der Waals surface area contributed by atoms with Gasteiger partial charge in [-0.1, -0.05) is 11.2 Å². The van der Waals surface area contributed by atoms with Gasteiger partial charge in [-0.15, -0.1) is 11.3 Å². The van der Waals surface area contributed by atoms with Crippen LogP contribution in [-0.2, 0) is 6.54 Å². The van der Waals surface area contributed by atoms with E-state index in [1.807, 2.05) is 6.07 Å². The van der Waals surface area contributed by atoms with Crippen LogP contribution in [0.15, 0.2) is 22.0 Å². The Morgan fingerprint density at radius 3 is 3.21 bits per heavy atom. The molecule has 1 saturated heterocycles. The lowest BCUT2D eigenvalue weighted by Crippen LogP contribution is -2.22. The van der Waals surface area contributed by atoms with Gasteiger partial charge in [-0.25, -0.2) is 0 Å². The van der Waals surface area contributed by atoms with Crippen molar-refractivity contribution in [3.63, 3.8) is 0 Å². The molecule has 1 amide bonds. The SMILES string of the molecule is NC(=O)c1noc([C@H]2CCCN2Cc2cccs2)n1. The first-order chi connectivity index (χ1) is 9.24. The Hall–Kier alpha value is -1.73. The fourth-order valence-electron chi connectivity index (χ4n) is 2.37. The Morgan fingerprint density at radius 2 is 2.53 bits per heavy atom. The van der Waals surface area contributed by atoms with E-state index in [1.54, 1.807) is 11.3 Å². The number of carbonyl (C=O) groups excluding carboxylic acids is 1. The molecule has 0 aliphatic carbocycles. The maximum absolute atomic E-state index is 11.0. The smallest absolute Gasteiger partial charge is 0.290 e. The van der Waals surface area contributed by atoms with Crippen LogP contribution in [0.2, 0.25) is 0 Å². The summed E-state index contributed by atoms with van der Waals surface area (Å²) in [5, 5.41) is 5.67. The number of hydrogen-bond donors (Lipinski definition) is 1. The number of nitrogens with two attached hydrogens (primary N) is 1. The highest BCUT2D eigenvalue weighted by Crippen LogP contribution is 2.32. The fraction of sp³-hybridized carbons (Fsp3) is 0.417. The minimum atomic E-state index is -0.655. The molecule has 1 atom stereocenters. The molecule has 2 aromatic rings. The molecule has 100 valence electrons. The molecule has 1 aliphatic heterocycles. The first-order valence-corrected chi connectivity index (χ1v) is 7.02. The molecule has 0 spiro atoms. The number of likely N-dealkylation sites (tertiary alicyclic amines) is 1. The molecular weight excluding hydrogens is 264 g/mol. The Labute approximate surface area is 114 Å². The molecule has 0 radical (unpaired) electrons. The van der Waals surface area contributed by atoms with Crippen molar-refractivity contribution in [3.05, 3.63) is 34.1 Å². The molecule has 1 fully saturated rings. The van der Waals surface area contributed by atoms with Gasteiger partial charge in [0, 0.05) is 11.4 Å². The van der Waals surface area contributed by atoms with E-state index in [4.69, 9.17) is 10.3 Å². The van der Waals surface area contributed by atoms with Crippen LogP contribution in [-0.4, -0.2) is 27.5 Å². The lowest BCUT2D eigenvalue weighted by molar-refractivity contribution is 0.0987. The number of amides is 1. The number of nitrogens with zero attached hydrogens (tertiary/aromatic N) is 3. The minimum Gasteiger partial charge on any atom is -0.363 e. The van der Waals surface area contributed by atoms with Crippen LogP contribution in [0.1, 0.15) is 40.3 Å². The van der Waals surface area contributed by atoms with E-state index < -0.39 is 5.91 Å². The van der Waals surface area contributed by atoms with E-state index in [2.05, 4.69) is 26.5 Å². The summed E-state index contributed by atoms with van der Waals surface area (Å²) in [5.41, 5.74) is 5.13. The van der Waals surface area contributed by atoms with Crippen molar-refractivity contribution in [2.45, 2.75) is 25.4 Å². The minimum absolute atomic E-state index is 0.0435. The van der Waals surface area contributed by atoms with Crippen molar-refractivity contribution in [1.82, 2.24) is 15.0 Å². The Bertz CT molecular complexity index is 566. The zero-order valence-electron chi connectivity index (χ0n) is 10.3. The van der Waals surface area contributed by atoms with Crippen molar-refractivity contribution >= 4 is 17.2 Å². The van der Waals surface area contributed by atoms with Gasteiger partial charge >= 0.3 is 0 Å². The van der Waals surface area contributed by atoms with Crippen molar-refractivity contribution < 1.29 is 9.32 Å². The molecule has 2 aromatic heterocycles. The molecule has 0 unspecified atom stereocenters. The summed E-state index contributed by atoms with van der Waals surface area (Å²) < 4.78 is 5.16. The predicted octanol–water partition coefficient (Wildman–Crippen LogP) is 1.57. The molecule has 0 bridgehead atoms. The summed E-state index contributed by atoms with van der Waals surface area (Å²) in [5.74, 6) is -0.210. The van der Waals surface area contributed by atoms with Gasteiger partial charge in [0.25, 0.3) is 11.7 Å². The summed E-state index contributed by atoms with van der Waals surface area (Å²) in [6, 6.07) is 4.24. The second-order valence-corrected chi connectivity index (χ2v) is 5.56. The average Bonchev–Trinajstić information content (AvgIpc) is 3.09. The standard InChI is InChI=1S/C12H14N4O2S/c13-10(17)11-14-12(18-15-11)9-4-1-5-16(9)7-8-3-2-6-19-8/h2-3,6,9H,1,4-5,7H2,(H2,13,17)/t9-/m1/s1. The summed E-state index contributed by atoms with van der Waals surface area (Å²) in [6.07, 6.45) is 2.05. The third kappa shape index (κ3) is 2.52. The molecule has 6 nitrogen and oxygen atoms in total. The quantitative estimate of drug-likeness (QED) is 0.917. The predicted molar refractivity (Wildman–Crippen MR) is 69.5 cm³/mol. The van der Waals surface area contributed by atoms with E-state index >= 15 is 0 Å². The Kier molecular flexibility index (Phi) is 3.31. The normalized spacial score (nSPS) is 19.9. The number of rotatable bonds is 4. The molecule has 2 N–H and O–H groups in total. The van der Waals surface area contributed by atoms with E-state index in [0.29, 0.717) is 5.89 Å². The van der Waals surface area contributed by atoms with Crippen molar-refractivity contribution in [2.75, 3.05) is 6.54 Å². The summed E-state index contributed by atoms with van der Waals surface area (Å²) >= 11 is 1.73. The summed E-state index contributed by atoms with van der Waals surface area (Å²) in [6.45, 7) is 1.87. The Morgan fingerprint density at radius 1 is 1.63 bits per heavy atom. The second kappa shape index (κ2) is 5.10. The zero-order chi connectivity index (χ0) is 13.2. The third-order valence-corrected chi connectivity index (χ3v) is 4.11. The maximum atomic E-state index is 11.0. The number of aromatic nitrogens is 2. The topological polar surface area (TPSA) is 85.2 Å². The lowest BCUT2D eigenvalue weighted by Gasteiger charge is -2.20. The highest BCUT2D eigenvalue weighted by molar-refractivity contribution is 7.09. The number of hydrogen-bond acceptors (Lipinski definition) is 6. The van der Waals surface area contributed by atoms with Crippen molar-refractivity contribution in [2.24, 2.45) is 5.73 Å². The highest BCUT2D eigenvalue weighted by Gasteiger charge is 2.31. The Balaban J connectivity index is 1.76. The molecule has 0 aromatic carbocycles. The number of thiophene rings is 1. The largest absolute Gasteiger partial charge is 0.363 e. The van der Waals surface area contributed by atoms with Crippen molar-refractivity contribution in [1.29, 1.82) is 0 Å². The number of primary amides is 1. The zero-order valence-corrected chi connectivity index (χ0v) is 11.1. The van der Waals surface area contributed by atoms with Gasteiger partial charge in [0.1, 0.15) is 0 Å². The van der Waals surface area contributed by atoms with Gasteiger partial charge in [0.05, 0.1) is 6.04 Å². The monoisotopic (exact) mass is 278 g/mol. The van der Waals surface area contributed by atoms with Gasteiger partial charge in [-0.3, -0.25) is 9.69 Å². The lowest BCUT2D eigenvalue weighted by atomic mass is 10.2. The molecule has 19 heavy (non-hydrogen) atoms. The van der Waals surface area contributed by atoms with Gasteiger partial charge in [0.15, 0.2) is 0 Å². The third-order valence-electron chi connectivity index (χ3n) is 3.25. The average molecular weight is 278 g/mol. The molecule has 0 saturated carbocycles. The van der Waals surface area contributed by atoms with Gasteiger partial charge in [-0.2, -0.15) is 4.98 Å². The van der Waals surface area contributed by atoms with Crippen LogP contribution in [0.25, 0.3) is 0 Å². The summed E-state index contributed by atoms with van der Waals surface area (Å²) in [7, 11) is 0.